The van der Waals surface area contributed by atoms with Gasteiger partial charge in [-0.05, 0) is 0 Å². The van der Waals surface area contributed by atoms with Gasteiger partial charge in [-0.25, -0.2) is 0 Å². The summed E-state index contributed by atoms with van der Waals surface area (Å²) in [7, 11) is 0. The Morgan fingerprint density at radius 3 is 0.576 bits per heavy atom. The van der Waals surface area contributed by atoms with E-state index in [-0.39, 0.29) is 30.3 Å². The van der Waals surface area contributed by atoms with E-state index in [1.165, 1.54) is 141 Å². The van der Waals surface area contributed by atoms with Crippen molar-refractivity contribution in [2.75, 3.05) is 13.2 Å². The maximum atomic E-state index is 10.2. The molecule has 0 aliphatic heterocycles. The van der Waals surface area contributed by atoms with Gasteiger partial charge in [0.1, 0.15) is 0 Å². The van der Waals surface area contributed by atoms with E-state index in [0.717, 1.165) is 25.7 Å². The molecule has 0 aliphatic carbocycles. The predicted molar refractivity (Wildman–Crippen MR) is 141 cm³/mol. The molecule has 0 aromatic rings. The van der Waals surface area contributed by atoms with Gasteiger partial charge in [0.2, 0.25) is 0 Å². The molecule has 0 aromatic heterocycles. The van der Waals surface area contributed by atoms with Crippen molar-refractivity contribution in [1.82, 2.24) is 0 Å². The molecular weight excluding hydrogens is 456 g/mol. The van der Waals surface area contributed by atoms with Crippen molar-refractivity contribution >= 4 is 0 Å². The van der Waals surface area contributed by atoms with E-state index < -0.39 is 0 Å². The molecule has 0 unspecified atom stereocenters. The maximum absolute atomic E-state index is 10.2. The van der Waals surface area contributed by atoms with E-state index >= 15 is 0 Å². The molecule has 1 radical (unpaired) electrons. The molecule has 33 heavy (non-hydrogen) atoms. The molecule has 0 fully saturated rings. The third-order valence-electron chi connectivity index (χ3n) is 6.50. The zero-order valence-electron chi connectivity index (χ0n) is 22.9. The normalized spacial score (nSPS) is 10.5. The van der Waals surface area contributed by atoms with Crippen molar-refractivity contribution in [1.29, 1.82) is 0 Å². The smallest absolute Gasteiger partial charge is 0.854 e. The van der Waals surface area contributed by atoms with Crippen LogP contribution < -0.4 is 10.2 Å². The van der Waals surface area contributed by atoms with Crippen LogP contribution in [0.5, 0.6) is 0 Å². The second-order valence-electron chi connectivity index (χ2n) is 9.89. The summed E-state index contributed by atoms with van der Waals surface area (Å²) in [6.45, 7) is 4.79. The molecule has 2 nitrogen and oxygen atoms in total. The summed E-state index contributed by atoms with van der Waals surface area (Å²) in [4.78, 5) is 0. The second-order valence-corrected chi connectivity index (χ2v) is 9.89. The van der Waals surface area contributed by atoms with Gasteiger partial charge in [0, 0.05) is 0 Å². The summed E-state index contributed by atoms with van der Waals surface area (Å²) in [5.41, 5.74) is 0. The van der Waals surface area contributed by atoms with Gasteiger partial charge in [-0.3, -0.25) is 0 Å². The molecule has 0 aliphatic rings. The van der Waals surface area contributed by atoms with Crippen molar-refractivity contribution in [3.8, 4) is 0 Å². The van der Waals surface area contributed by atoms with Crippen molar-refractivity contribution in [3.05, 3.63) is 0 Å². The van der Waals surface area contributed by atoms with Gasteiger partial charge in [-0.1, -0.05) is 181 Å². The first-order valence-corrected chi connectivity index (χ1v) is 15.0. The molecule has 0 bridgehead atoms. The molecule has 205 valence electrons. The summed E-state index contributed by atoms with van der Waals surface area (Å²) in [5, 5.41) is 20.4. The Kier molecular flexibility index (Phi) is 45.6. The zero-order valence-corrected chi connectivity index (χ0v) is 23.9. The average molecular weight is 518 g/mol. The van der Waals surface area contributed by atoms with Gasteiger partial charge in [-0.2, -0.15) is 0 Å². The topological polar surface area (TPSA) is 46.1 Å². The largest absolute Gasteiger partial charge is 2.00 e. The molecular formula is C30H62CuO2. The number of hydrogen-bond acceptors (Lipinski definition) is 2. The molecule has 0 saturated heterocycles. The fourth-order valence-electron chi connectivity index (χ4n) is 4.24. The number of rotatable bonds is 26. The van der Waals surface area contributed by atoms with Gasteiger partial charge >= 0.3 is 17.1 Å². The minimum atomic E-state index is 0. The molecule has 0 N–H and O–H groups in total. The quantitative estimate of drug-likeness (QED) is 0.0848. The Balaban J connectivity index is -0.000000529. The van der Waals surface area contributed by atoms with E-state index in [2.05, 4.69) is 13.8 Å². The van der Waals surface area contributed by atoms with Crippen LogP contribution in [0, 0.1) is 0 Å². The van der Waals surface area contributed by atoms with E-state index in [1.54, 1.807) is 0 Å². The Hall–Kier alpha value is 0.439. The van der Waals surface area contributed by atoms with Crippen LogP contribution in [0.15, 0.2) is 0 Å². The minimum absolute atomic E-state index is 0. The number of hydrogen-bond donors (Lipinski definition) is 0. The molecule has 0 spiro atoms. The van der Waals surface area contributed by atoms with Crippen LogP contribution in [0.4, 0.5) is 0 Å². The van der Waals surface area contributed by atoms with Crippen molar-refractivity contribution in [2.45, 2.75) is 181 Å². The van der Waals surface area contributed by atoms with Crippen LogP contribution in [0.25, 0.3) is 0 Å². The van der Waals surface area contributed by atoms with E-state index in [0.29, 0.717) is 0 Å². The van der Waals surface area contributed by atoms with E-state index in [9.17, 15) is 10.2 Å². The number of unbranched alkanes of at least 4 members (excludes halogenated alkanes) is 24. The van der Waals surface area contributed by atoms with Gasteiger partial charge < -0.3 is 10.2 Å². The van der Waals surface area contributed by atoms with Crippen LogP contribution in [0.3, 0.4) is 0 Å². The van der Waals surface area contributed by atoms with Crippen LogP contribution >= 0.6 is 0 Å². The molecule has 0 rings (SSSR count). The minimum Gasteiger partial charge on any atom is -0.854 e. The van der Waals surface area contributed by atoms with Crippen molar-refractivity contribution < 1.29 is 27.3 Å². The monoisotopic (exact) mass is 517 g/mol. The molecule has 0 aromatic carbocycles. The van der Waals surface area contributed by atoms with Crippen molar-refractivity contribution in [2.24, 2.45) is 0 Å². The summed E-state index contributed by atoms with van der Waals surface area (Å²) in [5.74, 6) is 0. The standard InChI is InChI=1S/2C15H31O.Cu/c2*1-2-3-4-5-6-7-8-9-10-11-12-13-14-15-16;/h2*2-15H2,1H3;/q2*-1;+2. The summed E-state index contributed by atoms with van der Waals surface area (Å²) < 4.78 is 0. The predicted octanol–water partition coefficient (Wildman–Crippen LogP) is 8.87. The van der Waals surface area contributed by atoms with Gasteiger partial charge in [0.25, 0.3) is 0 Å². The Bertz CT molecular complexity index is 230. The second kappa shape index (κ2) is 39.6. The molecule has 0 amide bonds. The molecule has 0 saturated carbocycles. The molecule has 0 heterocycles. The van der Waals surface area contributed by atoms with Crippen LogP contribution in [0.2, 0.25) is 0 Å². The van der Waals surface area contributed by atoms with E-state index in [4.69, 9.17) is 0 Å². The maximum Gasteiger partial charge on any atom is 2.00 e. The van der Waals surface area contributed by atoms with Crippen LogP contribution in [-0.4, -0.2) is 13.2 Å². The first-order chi connectivity index (χ1) is 15.8. The fourth-order valence-corrected chi connectivity index (χ4v) is 4.24. The SMILES string of the molecule is CCCCCCCCCCCCCCC[O-].CCCCCCCCCCCCCCC[O-].[Cu+2]. The van der Waals surface area contributed by atoms with E-state index in [1.807, 2.05) is 0 Å². The summed E-state index contributed by atoms with van der Waals surface area (Å²) in [6, 6.07) is 0. The third-order valence-corrected chi connectivity index (χ3v) is 6.50. The van der Waals surface area contributed by atoms with Crippen LogP contribution in [-0.2, 0) is 17.1 Å². The van der Waals surface area contributed by atoms with Crippen LogP contribution in [0.1, 0.15) is 181 Å². The Labute approximate surface area is 221 Å². The first-order valence-electron chi connectivity index (χ1n) is 15.0. The zero-order chi connectivity index (χ0) is 23.8. The van der Waals surface area contributed by atoms with Gasteiger partial charge in [0.15, 0.2) is 0 Å². The fraction of sp³-hybridized carbons (Fsp3) is 1.00. The molecule has 0 atom stereocenters. The molecule has 3 heteroatoms. The van der Waals surface area contributed by atoms with Gasteiger partial charge in [0.05, 0.1) is 0 Å². The Morgan fingerprint density at radius 1 is 0.273 bits per heavy atom. The summed E-state index contributed by atoms with van der Waals surface area (Å²) in [6.07, 6.45) is 34.8. The first kappa shape index (κ1) is 38.0. The average Bonchev–Trinajstić information content (AvgIpc) is 2.81. The Morgan fingerprint density at radius 2 is 0.424 bits per heavy atom. The third kappa shape index (κ3) is 43.0. The van der Waals surface area contributed by atoms with Crippen molar-refractivity contribution in [3.63, 3.8) is 0 Å². The van der Waals surface area contributed by atoms with Gasteiger partial charge in [-0.15, -0.1) is 13.2 Å². The summed E-state index contributed by atoms with van der Waals surface area (Å²) >= 11 is 0.